The predicted molar refractivity (Wildman–Crippen MR) is 104 cm³/mol. The van der Waals surface area contributed by atoms with Crippen LogP contribution in [0.3, 0.4) is 0 Å². The molecule has 0 radical (unpaired) electrons. The van der Waals surface area contributed by atoms with E-state index >= 15 is 0 Å². The number of anilines is 1. The number of rotatable bonds is 3. The Hall–Kier alpha value is -2.73. The first-order valence-corrected chi connectivity index (χ1v) is 8.46. The summed E-state index contributed by atoms with van der Waals surface area (Å²) in [4.78, 5) is 16.0. The van der Waals surface area contributed by atoms with E-state index in [-0.39, 0.29) is 11.0 Å². The molecule has 3 aromatic rings. The van der Waals surface area contributed by atoms with Crippen molar-refractivity contribution in [1.29, 1.82) is 0 Å². The zero-order valence-electron chi connectivity index (χ0n) is 14.3. The number of carbonyl (C=O) groups excluding carboxylic acids is 1. The van der Waals surface area contributed by atoms with Gasteiger partial charge in [0.15, 0.2) is 10.7 Å². The van der Waals surface area contributed by atoms with Crippen LogP contribution in [0, 0.1) is 13.8 Å². The van der Waals surface area contributed by atoms with Crippen LogP contribution in [0.2, 0.25) is 0 Å². The van der Waals surface area contributed by atoms with E-state index < -0.39 is 0 Å². The maximum Gasteiger partial charge on any atom is 0.227 e. The molecule has 0 aliphatic heterocycles. The Morgan fingerprint density at radius 3 is 2.80 bits per heavy atom. The average molecular weight is 353 g/mol. The molecule has 2 N–H and O–H groups in total. The minimum Gasteiger partial charge on any atom is -0.436 e. The Balaban J connectivity index is 1.88. The van der Waals surface area contributed by atoms with Crippen LogP contribution in [0.25, 0.3) is 22.6 Å². The average Bonchev–Trinajstić information content (AvgIpc) is 2.99. The van der Waals surface area contributed by atoms with Gasteiger partial charge in [0.1, 0.15) is 5.52 Å². The van der Waals surface area contributed by atoms with Crippen molar-refractivity contribution in [2.75, 3.05) is 5.32 Å². The first-order valence-electron chi connectivity index (χ1n) is 8.05. The molecule has 0 saturated heterocycles. The number of oxazole rings is 1. The molecule has 2 aromatic carbocycles. The molecular formula is C19H19N3O2S. The minimum absolute atomic E-state index is 0.126. The molecule has 1 amide bonds. The van der Waals surface area contributed by atoms with Crippen molar-refractivity contribution in [2.45, 2.75) is 27.2 Å². The fourth-order valence-electron chi connectivity index (χ4n) is 2.61. The van der Waals surface area contributed by atoms with Gasteiger partial charge in [0.2, 0.25) is 11.8 Å². The molecule has 25 heavy (non-hydrogen) atoms. The summed E-state index contributed by atoms with van der Waals surface area (Å²) in [6, 6.07) is 11.6. The van der Waals surface area contributed by atoms with Crippen molar-refractivity contribution in [3.63, 3.8) is 0 Å². The number of carbonyl (C=O) groups is 1. The predicted octanol–water partition coefficient (Wildman–Crippen LogP) is 4.33. The van der Waals surface area contributed by atoms with E-state index in [4.69, 9.17) is 16.6 Å². The molecule has 1 heterocycles. The lowest BCUT2D eigenvalue weighted by Crippen LogP contribution is -2.33. The fourth-order valence-corrected chi connectivity index (χ4v) is 2.84. The van der Waals surface area contributed by atoms with E-state index in [0.29, 0.717) is 12.3 Å². The number of fused-ring (bicyclic) bond motifs is 1. The van der Waals surface area contributed by atoms with Gasteiger partial charge in [0.25, 0.3) is 0 Å². The van der Waals surface area contributed by atoms with Crippen molar-refractivity contribution >= 4 is 40.0 Å². The van der Waals surface area contributed by atoms with E-state index in [9.17, 15) is 4.79 Å². The number of hydrogen-bond donors (Lipinski definition) is 2. The van der Waals surface area contributed by atoms with Crippen LogP contribution in [-0.4, -0.2) is 16.0 Å². The van der Waals surface area contributed by atoms with Gasteiger partial charge >= 0.3 is 0 Å². The highest BCUT2D eigenvalue weighted by atomic mass is 32.1. The van der Waals surface area contributed by atoms with Gasteiger partial charge in [-0.2, -0.15) is 0 Å². The molecule has 0 fully saturated rings. The number of amides is 1. The van der Waals surface area contributed by atoms with Crippen molar-refractivity contribution in [1.82, 2.24) is 10.3 Å². The van der Waals surface area contributed by atoms with Crippen LogP contribution >= 0.6 is 12.2 Å². The fraction of sp³-hybridized carbons (Fsp3) is 0.211. The van der Waals surface area contributed by atoms with E-state index in [1.54, 1.807) is 6.92 Å². The monoisotopic (exact) mass is 353 g/mol. The summed E-state index contributed by atoms with van der Waals surface area (Å²) in [6.45, 7) is 5.82. The number of benzene rings is 2. The molecule has 0 aliphatic rings. The van der Waals surface area contributed by atoms with Gasteiger partial charge in [-0.15, -0.1) is 0 Å². The number of aryl methyl sites for hydroxylation is 2. The van der Waals surface area contributed by atoms with E-state index in [2.05, 4.69) is 21.7 Å². The second-order valence-electron chi connectivity index (χ2n) is 5.89. The standard InChI is InChI=1S/C19H19N3O2S/c1-4-16(23)22-19(25)20-14-7-5-6-13(10-14)18-21-15-9-11(2)8-12(3)17(15)24-18/h5-10H,4H2,1-3H3,(H2,20,22,23,25). The molecule has 128 valence electrons. The first kappa shape index (κ1) is 17.1. The topological polar surface area (TPSA) is 67.2 Å². The normalized spacial score (nSPS) is 10.7. The van der Waals surface area contributed by atoms with Crippen molar-refractivity contribution in [2.24, 2.45) is 0 Å². The Kier molecular flexibility index (Phi) is 4.81. The highest BCUT2D eigenvalue weighted by Gasteiger charge is 2.11. The van der Waals surface area contributed by atoms with Crippen LogP contribution in [0.4, 0.5) is 5.69 Å². The Labute approximate surface area is 151 Å². The molecule has 0 bridgehead atoms. The van der Waals surface area contributed by atoms with Crippen molar-refractivity contribution in [3.8, 4) is 11.5 Å². The van der Waals surface area contributed by atoms with Gasteiger partial charge < -0.3 is 15.1 Å². The zero-order valence-corrected chi connectivity index (χ0v) is 15.2. The molecule has 3 rings (SSSR count). The van der Waals surface area contributed by atoms with Crippen molar-refractivity contribution in [3.05, 3.63) is 47.5 Å². The number of aromatic nitrogens is 1. The largest absolute Gasteiger partial charge is 0.436 e. The third-order valence-electron chi connectivity index (χ3n) is 3.76. The molecule has 0 spiro atoms. The lowest BCUT2D eigenvalue weighted by molar-refractivity contribution is -0.119. The Morgan fingerprint density at radius 2 is 2.04 bits per heavy atom. The summed E-state index contributed by atoms with van der Waals surface area (Å²) in [5.41, 5.74) is 5.45. The maximum absolute atomic E-state index is 11.4. The zero-order chi connectivity index (χ0) is 18.0. The summed E-state index contributed by atoms with van der Waals surface area (Å²) in [6.07, 6.45) is 0.379. The third kappa shape index (κ3) is 3.85. The van der Waals surface area contributed by atoms with Crippen molar-refractivity contribution < 1.29 is 9.21 Å². The van der Waals surface area contributed by atoms with E-state index in [1.165, 1.54) is 0 Å². The van der Waals surface area contributed by atoms with Gasteiger partial charge in [0.05, 0.1) is 0 Å². The SMILES string of the molecule is CCC(=O)NC(=S)Nc1cccc(-c2nc3cc(C)cc(C)c3o2)c1. The molecule has 0 aliphatic carbocycles. The third-order valence-corrected chi connectivity index (χ3v) is 3.97. The van der Waals surface area contributed by atoms with Crippen LogP contribution in [0.5, 0.6) is 0 Å². The second kappa shape index (κ2) is 7.03. The first-order chi connectivity index (χ1) is 12.0. The van der Waals surface area contributed by atoms with Crippen LogP contribution < -0.4 is 10.6 Å². The molecule has 1 aromatic heterocycles. The summed E-state index contributed by atoms with van der Waals surface area (Å²) in [5.74, 6) is 0.425. The Bertz CT molecular complexity index is 962. The number of thiocarbonyl (C=S) groups is 1. The molecule has 6 heteroatoms. The highest BCUT2D eigenvalue weighted by Crippen LogP contribution is 2.28. The lowest BCUT2D eigenvalue weighted by Gasteiger charge is -2.09. The maximum atomic E-state index is 11.4. The highest BCUT2D eigenvalue weighted by molar-refractivity contribution is 7.80. The number of nitrogens with zero attached hydrogens (tertiary/aromatic N) is 1. The van der Waals surface area contributed by atoms with Crippen LogP contribution in [0.1, 0.15) is 24.5 Å². The van der Waals surface area contributed by atoms with Gasteiger partial charge in [-0.05, 0) is 61.5 Å². The molecule has 0 saturated carbocycles. The molecule has 5 nitrogen and oxygen atoms in total. The molecule has 0 atom stereocenters. The van der Waals surface area contributed by atoms with Crippen LogP contribution in [0.15, 0.2) is 40.8 Å². The van der Waals surface area contributed by atoms with Gasteiger partial charge in [0, 0.05) is 17.7 Å². The number of nitrogens with one attached hydrogen (secondary N) is 2. The van der Waals surface area contributed by atoms with Crippen LogP contribution in [-0.2, 0) is 4.79 Å². The molecule has 0 unspecified atom stereocenters. The summed E-state index contributed by atoms with van der Waals surface area (Å²) in [7, 11) is 0. The summed E-state index contributed by atoms with van der Waals surface area (Å²) >= 11 is 5.14. The minimum atomic E-state index is -0.126. The second-order valence-corrected chi connectivity index (χ2v) is 6.29. The quantitative estimate of drug-likeness (QED) is 0.686. The summed E-state index contributed by atoms with van der Waals surface area (Å²) in [5, 5.41) is 5.89. The van der Waals surface area contributed by atoms with Gasteiger partial charge in [-0.25, -0.2) is 4.98 Å². The van der Waals surface area contributed by atoms with E-state index in [0.717, 1.165) is 33.5 Å². The Morgan fingerprint density at radius 1 is 1.24 bits per heavy atom. The van der Waals surface area contributed by atoms with Gasteiger partial charge in [-0.3, -0.25) is 4.79 Å². The molecular weight excluding hydrogens is 334 g/mol. The smallest absolute Gasteiger partial charge is 0.227 e. The van der Waals surface area contributed by atoms with E-state index in [1.807, 2.05) is 44.2 Å². The number of hydrogen-bond acceptors (Lipinski definition) is 4. The lowest BCUT2D eigenvalue weighted by atomic mass is 10.1. The summed E-state index contributed by atoms with van der Waals surface area (Å²) < 4.78 is 5.94. The van der Waals surface area contributed by atoms with Gasteiger partial charge in [-0.1, -0.05) is 19.1 Å².